The van der Waals surface area contributed by atoms with E-state index in [2.05, 4.69) is 34.6 Å². The van der Waals surface area contributed by atoms with E-state index in [4.69, 9.17) is 18.6 Å². The molecule has 0 saturated heterocycles. The number of benzene rings is 3. The van der Waals surface area contributed by atoms with Gasteiger partial charge in [-0.15, -0.1) is 0 Å². The lowest BCUT2D eigenvalue weighted by Crippen LogP contribution is -1.97. The summed E-state index contributed by atoms with van der Waals surface area (Å²) < 4.78 is 22.1. The summed E-state index contributed by atoms with van der Waals surface area (Å²) in [5.74, 6) is 2.28. The number of anilines is 2. The van der Waals surface area contributed by atoms with Crippen molar-refractivity contribution in [3.63, 3.8) is 0 Å². The van der Waals surface area contributed by atoms with Gasteiger partial charge in [0.2, 0.25) is 5.75 Å². The lowest BCUT2D eigenvalue weighted by molar-refractivity contribution is 0.324. The smallest absolute Gasteiger partial charge is 0.299 e. The monoisotopic (exact) mass is 402 g/mol. The van der Waals surface area contributed by atoms with Gasteiger partial charge < -0.3 is 23.9 Å². The molecule has 0 aliphatic carbocycles. The van der Waals surface area contributed by atoms with Crippen molar-refractivity contribution in [2.75, 3.05) is 26.6 Å². The minimum Gasteiger partial charge on any atom is -0.493 e. The molecular formula is C24H22N2O4. The van der Waals surface area contributed by atoms with Gasteiger partial charge >= 0.3 is 0 Å². The van der Waals surface area contributed by atoms with Gasteiger partial charge in [-0.2, -0.15) is 0 Å². The van der Waals surface area contributed by atoms with Crippen LogP contribution in [0.25, 0.3) is 22.5 Å². The molecule has 4 aromatic rings. The number of hydrogen-bond donors (Lipinski definition) is 1. The largest absolute Gasteiger partial charge is 0.493 e. The highest BCUT2D eigenvalue weighted by atomic mass is 16.5. The third-order valence-electron chi connectivity index (χ3n) is 4.68. The first-order valence-electron chi connectivity index (χ1n) is 9.40. The number of ether oxygens (including phenoxy) is 3. The Morgan fingerprint density at radius 3 is 2.07 bits per heavy atom. The van der Waals surface area contributed by atoms with Gasteiger partial charge in [0.05, 0.1) is 27.5 Å². The predicted octanol–water partition coefficient (Wildman–Crippen LogP) is 5.78. The van der Waals surface area contributed by atoms with Crippen LogP contribution in [0.1, 0.15) is 0 Å². The zero-order valence-electron chi connectivity index (χ0n) is 17.0. The van der Waals surface area contributed by atoms with Crippen LogP contribution in [0, 0.1) is 0 Å². The van der Waals surface area contributed by atoms with Gasteiger partial charge in [-0.05, 0) is 17.2 Å². The van der Waals surface area contributed by atoms with Crippen LogP contribution in [0.15, 0.2) is 77.3 Å². The summed E-state index contributed by atoms with van der Waals surface area (Å²) >= 11 is 0. The molecule has 0 atom stereocenters. The van der Waals surface area contributed by atoms with E-state index in [-0.39, 0.29) is 0 Å². The molecule has 0 aliphatic heterocycles. The normalized spacial score (nSPS) is 10.5. The standard InChI is InChI=1S/C24H22N2O4/c1-27-20-13-19(14-21(28-2)23(20)29-3)26-24-25-15-22(30-24)18-11-7-10-17(12-18)16-8-5-4-6-9-16/h4-15H,1-3H3,(H,25,26). The van der Waals surface area contributed by atoms with Crippen LogP contribution < -0.4 is 19.5 Å². The highest BCUT2D eigenvalue weighted by Gasteiger charge is 2.15. The van der Waals surface area contributed by atoms with Gasteiger partial charge in [0.25, 0.3) is 6.01 Å². The lowest BCUT2D eigenvalue weighted by Gasteiger charge is -2.14. The number of oxazole rings is 1. The van der Waals surface area contributed by atoms with Crippen LogP contribution >= 0.6 is 0 Å². The Labute approximate surface area is 175 Å². The molecule has 6 heteroatoms. The van der Waals surface area contributed by atoms with Gasteiger partial charge in [-0.25, -0.2) is 4.98 Å². The summed E-state index contributed by atoms with van der Waals surface area (Å²) in [7, 11) is 4.71. The van der Waals surface area contributed by atoms with Crippen LogP contribution in [0.3, 0.4) is 0 Å². The van der Waals surface area contributed by atoms with E-state index in [0.717, 1.165) is 16.7 Å². The van der Waals surface area contributed by atoms with Crippen LogP contribution in [0.5, 0.6) is 17.2 Å². The molecule has 0 saturated carbocycles. The molecule has 3 aromatic carbocycles. The molecule has 6 nitrogen and oxygen atoms in total. The fourth-order valence-electron chi connectivity index (χ4n) is 3.22. The van der Waals surface area contributed by atoms with E-state index >= 15 is 0 Å². The van der Waals surface area contributed by atoms with E-state index in [9.17, 15) is 0 Å². The molecule has 152 valence electrons. The number of methoxy groups -OCH3 is 3. The van der Waals surface area contributed by atoms with Gasteiger partial charge in [-0.1, -0.05) is 48.5 Å². The molecular weight excluding hydrogens is 380 g/mol. The second kappa shape index (κ2) is 8.61. The lowest BCUT2D eigenvalue weighted by atomic mass is 10.0. The van der Waals surface area contributed by atoms with E-state index in [1.807, 2.05) is 30.3 Å². The fraction of sp³-hybridized carbons (Fsp3) is 0.125. The predicted molar refractivity (Wildman–Crippen MR) is 117 cm³/mol. The summed E-state index contributed by atoms with van der Waals surface area (Å²) in [6.45, 7) is 0. The maximum Gasteiger partial charge on any atom is 0.299 e. The summed E-state index contributed by atoms with van der Waals surface area (Å²) in [5, 5.41) is 3.15. The van der Waals surface area contributed by atoms with Gasteiger partial charge in [0.1, 0.15) is 0 Å². The van der Waals surface area contributed by atoms with Crippen molar-refractivity contribution in [1.82, 2.24) is 4.98 Å². The van der Waals surface area contributed by atoms with Gasteiger partial charge in [-0.3, -0.25) is 0 Å². The molecule has 30 heavy (non-hydrogen) atoms. The minimum atomic E-state index is 0.365. The second-order valence-electron chi connectivity index (χ2n) is 6.52. The third kappa shape index (κ3) is 3.93. The molecule has 1 N–H and O–H groups in total. The molecule has 0 bridgehead atoms. The van der Waals surface area contributed by atoms with Crippen molar-refractivity contribution in [3.05, 3.63) is 72.9 Å². The van der Waals surface area contributed by atoms with Crippen molar-refractivity contribution in [1.29, 1.82) is 0 Å². The van der Waals surface area contributed by atoms with Crippen LogP contribution in [-0.2, 0) is 0 Å². The highest BCUT2D eigenvalue weighted by Crippen LogP contribution is 2.40. The number of nitrogens with one attached hydrogen (secondary N) is 1. The molecule has 0 spiro atoms. The zero-order valence-corrected chi connectivity index (χ0v) is 17.0. The van der Waals surface area contributed by atoms with Gasteiger partial charge in [0, 0.05) is 23.4 Å². The topological polar surface area (TPSA) is 65.8 Å². The summed E-state index contributed by atoms with van der Waals surface area (Å²) in [4.78, 5) is 4.35. The van der Waals surface area contributed by atoms with Gasteiger partial charge in [0.15, 0.2) is 17.3 Å². The first-order valence-corrected chi connectivity index (χ1v) is 9.40. The van der Waals surface area contributed by atoms with Crippen molar-refractivity contribution in [3.8, 4) is 39.7 Å². The van der Waals surface area contributed by atoms with E-state index < -0.39 is 0 Å². The van der Waals surface area contributed by atoms with Crippen LogP contribution in [-0.4, -0.2) is 26.3 Å². The molecule has 4 rings (SSSR count). The maximum absolute atomic E-state index is 5.93. The average Bonchev–Trinajstić information content (AvgIpc) is 3.27. The number of hydrogen-bond acceptors (Lipinski definition) is 6. The molecule has 0 amide bonds. The van der Waals surface area contributed by atoms with E-state index in [0.29, 0.717) is 34.7 Å². The second-order valence-corrected chi connectivity index (χ2v) is 6.52. The zero-order chi connectivity index (χ0) is 20.9. The molecule has 0 unspecified atom stereocenters. The minimum absolute atomic E-state index is 0.365. The summed E-state index contributed by atoms with van der Waals surface area (Å²) in [5.41, 5.74) is 3.91. The van der Waals surface area contributed by atoms with Crippen LogP contribution in [0.4, 0.5) is 11.7 Å². The Balaban J connectivity index is 1.60. The molecule has 1 heterocycles. The van der Waals surface area contributed by atoms with Crippen molar-refractivity contribution in [2.45, 2.75) is 0 Å². The first kappa shape index (κ1) is 19.4. The van der Waals surface area contributed by atoms with Crippen molar-refractivity contribution in [2.24, 2.45) is 0 Å². The molecule has 0 radical (unpaired) electrons. The average molecular weight is 402 g/mol. The Kier molecular flexibility index (Phi) is 5.57. The first-order chi connectivity index (χ1) is 14.7. The van der Waals surface area contributed by atoms with Crippen LogP contribution in [0.2, 0.25) is 0 Å². The number of aromatic nitrogens is 1. The maximum atomic E-state index is 5.93. The molecule has 0 aliphatic rings. The summed E-state index contributed by atoms with van der Waals surface area (Å²) in [6, 6.07) is 22.3. The number of rotatable bonds is 7. The highest BCUT2D eigenvalue weighted by molar-refractivity contribution is 5.71. The number of nitrogens with zero attached hydrogens (tertiary/aromatic N) is 1. The Bertz CT molecular complexity index is 1110. The van der Waals surface area contributed by atoms with E-state index in [1.165, 1.54) is 0 Å². The Morgan fingerprint density at radius 2 is 1.40 bits per heavy atom. The molecule has 0 fully saturated rings. The fourth-order valence-corrected chi connectivity index (χ4v) is 3.22. The van der Waals surface area contributed by atoms with E-state index in [1.54, 1.807) is 39.7 Å². The third-order valence-corrected chi connectivity index (χ3v) is 4.68. The summed E-state index contributed by atoms with van der Waals surface area (Å²) in [6.07, 6.45) is 1.70. The van der Waals surface area contributed by atoms with Crippen molar-refractivity contribution >= 4 is 11.7 Å². The quantitative estimate of drug-likeness (QED) is 0.423. The Hall–Kier alpha value is -3.93. The molecule has 1 aromatic heterocycles. The SMILES string of the molecule is COc1cc(Nc2ncc(-c3cccc(-c4ccccc4)c3)o2)cc(OC)c1OC. The van der Waals surface area contributed by atoms with Crippen molar-refractivity contribution < 1.29 is 18.6 Å². The Morgan fingerprint density at radius 1 is 0.733 bits per heavy atom.